The molecule has 0 amide bonds. The Morgan fingerprint density at radius 3 is 2.43 bits per heavy atom. The number of piperazine rings is 1. The summed E-state index contributed by atoms with van der Waals surface area (Å²) in [5, 5.41) is 5.17. The molecule has 146 valence electrons. The highest BCUT2D eigenvalue weighted by atomic mass is 35.5. The number of halogens is 1. The monoisotopic (exact) mass is 395 g/mol. The molecule has 4 rings (SSSR count). The molecule has 28 heavy (non-hydrogen) atoms. The highest BCUT2D eigenvalue weighted by molar-refractivity contribution is 6.31. The fourth-order valence-corrected chi connectivity index (χ4v) is 4.18. The van der Waals surface area contributed by atoms with Crippen LogP contribution in [0.2, 0.25) is 5.02 Å². The minimum atomic E-state index is 0.237. The van der Waals surface area contributed by atoms with Crippen LogP contribution in [0.15, 0.2) is 60.9 Å². The van der Waals surface area contributed by atoms with Gasteiger partial charge in [-0.3, -0.25) is 14.6 Å². The third kappa shape index (κ3) is 4.27. The van der Waals surface area contributed by atoms with E-state index in [0.717, 1.165) is 49.9 Å². The summed E-state index contributed by atoms with van der Waals surface area (Å²) in [6, 6.07) is 16.9. The summed E-state index contributed by atoms with van der Waals surface area (Å²) in [6.45, 7) is 5.14. The van der Waals surface area contributed by atoms with Gasteiger partial charge in [-0.05, 0) is 23.8 Å². The van der Waals surface area contributed by atoms with Gasteiger partial charge >= 0.3 is 0 Å². The Kier molecular flexibility index (Phi) is 6.05. The number of rotatable bonds is 6. The first-order valence-electron chi connectivity index (χ1n) is 9.81. The second-order valence-corrected chi connectivity index (χ2v) is 7.66. The average Bonchev–Trinajstić information content (AvgIpc) is 3.15. The molecule has 5 nitrogen and oxygen atoms in total. The predicted octanol–water partition coefficient (Wildman–Crippen LogP) is 3.42. The smallest absolute Gasteiger partial charge is 0.0774 e. The Morgan fingerprint density at radius 1 is 0.964 bits per heavy atom. The second kappa shape index (κ2) is 8.86. The van der Waals surface area contributed by atoms with Gasteiger partial charge in [0.05, 0.1) is 22.5 Å². The van der Waals surface area contributed by atoms with Crippen molar-refractivity contribution in [3.05, 3.63) is 82.9 Å². The van der Waals surface area contributed by atoms with Crippen LogP contribution in [0.4, 0.5) is 0 Å². The maximum Gasteiger partial charge on any atom is 0.0774 e. The van der Waals surface area contributed by atoms with Crippen molar-refractivity contribution in [2.45, 2.75) is 12.5 Å². The molecule has 1 atom stereocenters. The molecule has 0 radical (unpaired) electrons. The highest BCUT2D eigenvalue weighted by Gasteiger charge is 2.28. The van der Waals surface area contributed by atoms with Crippen LogP contribution in [0, 0.1) is 0 Å². The molecule has 3 heterocycles. The van der Waals surface area contributed by atoms with Gasteiger partial charge in [0.1, 0.15) is 0 Å². The summed E-state index contributed by atoms with van der Waals surface area (Å²) in [4.78, 5) is 9.48. The summed E-state index contributed by atoms with van der Waals surface area (Å²) in [5.74, 6) is 0. The van der Waals surface area contributed by atoms with Crippen molar-refractivity contribution in [1.82, 2.24) is 24.6 Å². The molecule has 0 N–H and O–H groups in total. The van der Waals surface area contributed by atoms with Gasteiger partial charge in [0.25, 0.3) is 0 Å². The molecule has 0 aliphatic carbocycles. The van der Waals surface area contributed by atoms with Crippen LogP contribution in [0.25, 0.3) is 0 Å². The highest BCUT2D eigenvalue weighted by Crippen LogP contribution is 2.29. The van der Waals surface area contributed by atoms with E-state index in [4.69, 9.17) is 11.6 Å². The molecule has 1 aromatic carbocycles. The quantitative estimate of drug-likeness (QED) is 0.641. The van der Waals surface area contributed by atoms with Gasteiger partial charge in [-0.2, -0.15) is 5.10 Å². The van der Waals surface area contributed by atoms with Gasteiger partial charge in [0.15, 0.2) is 0 Å². The number of benzene rings is 1. The predicted molar refractivity (Wildman–Crippen MR) is 112 cm³/mol. The van der Waals surface area contributed by atoms with E-state index in [-0.39, 0.29) is 6.04 Å². The lowest BCUT2D eigenvalue weighted by Crippen LogP contribution is -2.48. The minimum Gasteiger partial charge on any atom is -0.300 e. The van der Waals surface area contributed by atoms with E-state index in [1.807, 2.05) is 36.3 Å². The third-order valence-corrected chi connectivity index (χ3v) is 5.87. The lowest BCUT2D eigenvalue weighted by molar-refractivity contribution is 0.107. The van der Waals surface area contributed by atoms with E-state index in [0.29, 0.717) is 0 Å². The standard InChI is InChI=1S/C22H26ClN5/c1-26-21(9-12-25-26)22(18-6-3-2-4-7-18)28-16-14-27(15-17-28)13-10-20-19(23)8-5-11-24-20/h2-9,11-12,22H,10,13-17H2,1H3. The fourth-order valence-electron chi connectivity index (χ4n) is 3.97. The largest absolute Gasteiger partial charge is 0.300 e. The first-order valence-corrected chi connectivity index (χ1v) is 10.2. The molecule has 1 unspecified atom stereocenters. The van der Waals surface area contributed by atoms with Crippen molar-refractivity contribution in [2.75, 3.05) is 32.7 Å². The molecule has 3 aromatic rings. The van der Waals surface area contributed by atoms with Crippen LogP contribution < -0.4 is 0 Å². The minimum absolute atomic E-state index is 0.237. The maximum atomic E-state index is 6.25. The normalized spacial score (nSPS) is 16.9. The molecule has 1 aliphatic heterocycles. The molecule has 6 heteroatoms. The van der Waals surface area contributed by atoms with E-state index in [9.17, 15) is 0 Å². The van der Waals surface area contributed by atoms with Gasteiger partial charge in [0.2, 0.25) is 0 Å². The van der Waals surface area contributed by atoms with Gasteiger partial charge in [-0.1, -0.05) is 41.9 Å². The van der Waals surface area contributed by atoms with Crippen molar-refractivity contribution in [3.8, 4) is 0 Å². The van der Waals surface area contributed by atoms with E-state index in [1.165, 1.54) is 11.3 Å². The zero-order valence-electron chi connectivity index (χ0n) is 16.2. The van der Waals surface area contributed by atoms with Crippen molar-refractivity contribution in [1.29, 1.82) is 0 Å². The second-order valence-electron chi connectivity index (χ2n) is 7.25. The van der Waals surface area contributed by atoms with Crippen LogP contribution in [0.3, 0.4) is 0 Å². The van der Waals surface area contributed by atoms with E-state index in [1.54, 1.807) is 0 Å². The summed E-state index contributed by atoms with van der Waals surface area (Å²) in [7, 11) is 2.03. The zero-order chi connectivity index (χ0) is 19.3. The molecular formula is C22H26ClN5. The van der Waals surface area contributed by atoms with Gasteiger partial charge in [0, 0.05) is 58.6 Å². The Hall–Kier alpha value is -2.21. The summed E-state index contributed by atoms with van der Waals surface area (Å²) < 4.78 is 1.99. The first-order chi connectivity index (χ1) is 13.7. The van der Waals surface area contributed by atoms with Crippen LogP contribution in [-0.2, 0) is 13.5 Å². The molecule has 1 saturated heterocycles. The lowest BCUT2D eigenvalue weighted by atomic mass is 10.0. The topological polar surface area (TPSA) is 37.2 Å². The zero-order valence-corrected chi connectivity index (χ0v) is 17.0. The SMILES string of the molecule is Cn1nccc1C(c1ccccc1)N1CCN(CCc2ncccc2Cl)CC1. The fraction of sp³-hybridized carbons (Fsp3) is 0.364. The average molecular weight is 396 g/mol. The Balaban J connectivity index is 1.42. The van der Waals surface area contributed by atoms with Crippen LogP contribution in [0.1, 0.15) is 23.0 Å². The number of pyridine rings is 1. The van der Waals surface area contributed by atoms with E-state index >= 15 is 0 Å². The van der Waals surface area contributed by atoms with Crippen molar-refractivity contribution < 1.29 is 0 Å². The van der Waals surface area contributed by atoms with Crippen molar-refractivity contribution in [3.63, 3.8) is 0 Å². The van der Waals surface area contributed by atoms with Crippen LogP contribution >= 0.6 is 11.6 Å². The summed E-state index contributed by atoms with van der Waals surface area (Å²) >= 11 is 6.25. The van der Waals surface area contributed by atoms with Crippen LogP contribution in [0.5, 0.6) is 0 Å². The Bertz CT molecular complexity index is 887. The Morgan fingerprint density at radius 2 is 1.75 bits per heavy atom. The number of nitrogens with zero attached hydrogens (tertiary/aromatic N) is 5. The van der Waals surface area contributed by atoms with E-state index < -0.39 is 0 Å². The molecule has 0 saturated carbocycles. The lowest BCUT2D eigenvalue weighted by Gasteiger charge is -2.39. The summed E-state index contributed by atoms with van der Waals surface area (Å²) in [5.41, 5.74) is 3.54. The van der Waals surface area contributed by atoms with Crippen molar-refractivity contribution >= 4 is 11.6 Å². The molecule has 1 aliphatic rings. The number of aromatic nitrogens is 3. The van der Waals surface area contributed by atoms with Gasteiger partial charge in [-0.25, -0.2) is 0 Å². The summed E-state index contributed by atoms with van der Waals surface area (Å²) in [6.07, 6.45) is 4.60. The molecule has 0 spiro atoms. The molecular weight excluding hydrogens is 370 g/mol. The van der Waals surface area contributed by atoms with Crippen LogP contribution in [-0.4, -0.2) is 57.3 Å². The maximum absolute atomic E-state index is 6.25. The third-order valence-electron chi connectivity index (χ3n) is 5.53. The van der Waals surface area contributed by atoms with Gasteiger partial charge < -0.3 is 4.90 Å². The molecule has 1 fully saturated rings. The molecule has 2 aromatic heterocycles. The Labute approximate surface area is 171 Å². The number of hydrogen-bond donors (Lipinski definition) is 0. The van der Waals surface area contributed by atoms with Crippen molar-refractivity contribution in [2.24, 2.45) is 7.05 Å². The first kappa shape index (κ1) is 19.1. The number of aryl methyl sites for hydroxylation is 1. The van der Waals surface area contributed by atoms with Gasteiger partial charge in [-0.15, -0.1) is 0 Å². The van der Waals surface area contributed by atoms with E-state index in [2.05, 4.69) is 56.3 Å². The molecule has 0 bridgehead atoms. The number of hydrogen-bond acceptors (Lipinski definition) is 4.